The number of rotatable bonds is 7. The maximum atomic E-state index is 11.8. The van der Waals surface area contributed by atoms with Crippen molar-refractivity contribution in [1.29, 1.82) is 0 Å². The van der Waals surface area contributed by atoms with Gasteiger partial charge in [-0.05, 0) is 37.3 Å². The minimum Gasteiger partial charge on any atom is -0.490 e. The fourth-order valence-electron chi connectivity index (χ4n) is 2.01. The molecule has 2 aromatic carbocycles. The number of ether oxygens (including phenoxy) is 2. The van der Waals surface area contributed by atoms with Gasteiger partial charge >= 0.3 is 5.69 Å². The van der Waals surface area contributed by atoms with Gasteiger partial charge in [-0.15, -0.1) is 0 Å². The lowest BCUT2D eigenvalue weighted by atomic mass is 10.1. The molecule has 1 amide bonds. The molecule has 0 aliphatic rings. The SMILES string of the molecule is COc1ccc(/C(C)=N\NC(=O)COc2cccc(Cl)c2)cc1[N+](=O)[O-]. The van der Waals surface area contributed by atoms with Gasteiger partial charge in [0, 0.05) is 16.7 Å². The summed E-state index contributed by atoms with van der Waals surface area (Å²) >= 11 is 5.83. The molecule has 0 unspecified atom stereocenters. The minimum absolute atomic E-state index is 0.144. The highest BCUT2D eigenvalue weighted by atomic mass is 35.5. The summed E-state index contributed by atoms with van der Waals surface area (Å²) in [5.41, 5.74) is 3.02. The van der Waals surface area contributed by atoms with Crippen LogP contribution in [0.3, 0.4) is 0 Å². The first-order chi connectivity index (χ1) is 12.4. The maximum absolute atomic E-state index is 11.8. The number of carbonyl (C=O) groups excluding carboxylic acids is 1. The second kappa shape index (κ2) is 8.82. The number of nitro groups is 1. The molecule has 26 heavy (non-hydrogen) atoms. The average molecular weight is 378 g/mol. The average Bonchev–Trinajstić information content (AvgIpc) is 2.63. The zero-order valence-electron chi connectivity index (χ0n) is 14.1. The van der Waals surface area contributed by atoms with E-state index >= 15 is 0 Å². The second-order valence-corrected chi connectivity index (χ2v) is 5.56. The van der Waals surface area contributed by atoms with Crippen LogP contribution in [-0.4, -0.2) is 30.3 Å². The Morgan fingerprint density at radius 2 is 2.08 bits per heavy atom. The molecule has 0 spiro atoms. The molecule has 0 aliphatic carbocycles. The number of hydrazone groups is 1. The molecule has 0 radical (unpaired) electrons. The third-order valence-corrected chi connectivity index (χ3v) is 3.54. The van der Waals surface area contributed by atoms with Gasteiger partial charge < -0.3 is 9.47 Å². The van der Waals surface area contributed by atoms with Crippen molar-refractivity contribution in [2.45, 2.75) is 6.92 Å². The predicted molar refractivity (Wildman–Crippen MR) is 96.9 cm³/mol. The highest BCUT2D eigenvalue weighted by Gasteiger charge is 2.16. The van der Waals surface area contributed by atoms with Gasteiger partial charge in [-0.25, -0.2) is 5.43 Å². The molecule has 2 aromatic rings. The molecule has 0 saturated heterocycles. The van der Waals surface area contributed by atoms with E-state index in [9.17, 15) is 14.9 Å². The molecule has 0 atom stereocenters. The highest BCUT2D eigenvalue weighted by Crippen LogP contribution is 2.27. The van der Waals surface area contributed by atoms with E-state index in [0.717, 1.165) is 0 Å². The number of methoxy groups -OCH3 is 1. The topological polar surface area (TPSA) is 103 Å². The van der Waals surface area contributed by atoms with E-state index in [-0.39, 0.29) is 18.0 Å². The van der Waals surface area contributed by atoms with Crippen molar-refractivity contribution >= 4 is 28.9 Å². The standard InChI is InChI=1S/C17H16ClN3O5/c1-11(12-6-7-16(25-2)15(8-12)21(23)24)19-20-17(22)10-26-14-5-3-4-13(18)9-14/h3-9H,10H2,1-2H3,(H,20,22)/b19-11-. The smallest absolute Gasteiger partial charge is 0.311 e. The molecular formula is C17H16ClN3O5. The van der Waals surface area contributed by atoms with E-state index < -0.39 is 10.8 Å². The summed E-state index contributed by atoms with van der Waals surface area (Å²) < 4.78 is 10.2. The van der Waals surface area contributed by atoms with Gasteiger partial charge in [-0.1, -0.05) is 17.7 Å². The van der Waals surface area contributed by atoms with Crippen LogP contribution in [0.25, 0.3) is 0 Å². The third kappa shape index (κ3) is 5.18. The molecule has 0 fully saturated rings. The first-order valence-electron chi connectivity index (χ1n) is 7.45. The van der Waals surface area contributed by atoms with Gasteiger partial charge in [0.15, 0.2) is 12.4 Å². The summed E-state index contributed by atoms with van der Waals surface area (Å²) in [5, 5.41) is 15.5. The van der Waals surface area contributed by atoms with Crippen molar-refractivity contribution in [3.05, 3.63) is 63.2 Å². The second-order valence-electron chi connectivity index (χ2n) is 5.12. The zero-order valence-corrected chi connectivity index (χ0v) is 14.8. The molecule has 0 heterocycles. The highest BCUT2D eigenvalue weighted by molar-refractivity contribution is 6.30. The lowest BCUT2D eigenvalue weighted by Crippen LogP contribution is -2.25. The van der Waals surface area contributed by atoms with Crippen LogP contribution in [0.15, 0.2) is 47.6 Å². The Labute approximate surface area is 154 Å². The Morgan fingerprint density at radius 1 is 1.31 bits per heavy atom. The van der Waals surface area contributed by atoms with E-state index in [0.29, 0.717) is 22.0 Å². The van der Waals surface area contributed by atoms with E-state index in [1.807, 2.05) is 0 Å². The molecule has 1 N–H and O–H groups in total. The predicted octanol–water partition coefficient (Wildman–Crippen LogP) is 3.18. The lowest BCUT2D eigenvalue weighted by Gasteiger charge is -2.07. The largest absolute Gasteiger partial charge is 0.490 e. The van der Waals surface area contributed by atoms with Crippen LogP contribution in [0.5, 0.6) is 11.5 Å². The van der Waals surface area contributed by atoms with E-state index in [4.69, 9.17) is 21.1 Å². The Morgan fingerprint density at radius 3 is 2.73 bits per heavy atom. The van der Waals surface area contributed by atoms with Gasteiger partial charge in [-0.3, -0.25) is 14.9 Å². The van der Waals surface area contributed by atoms with Crippen molar-refractivity contribution in [3.8, 4) is 11.5 Å². The maximum Gasteiger partial charge on any atom is 0.311 e. The van der Waals surface area contributed by atoms with Crippen LogP contribution < -0.4 is 14.9 Å². The Balaban J connectivity index is 2.00. The van der Waals surface area contributed by atoms with Crippen molar-refractivity contribution < 1.29 is 19.2 Å². The van der Waals surface area contributed by atoms with Crippen molar-refractivity contribution in [3.63, 3.8) is 0 Å². The third-order valence-electron chi connectivity index (χ3n) is 3.31. The summed E-state index contributed by atoms with van der Waals surface area (Å²) in [7, 11) is 1.35. The van der Waals surface area contributed by atoms with Gasteiger partial charge in [-0.2, -0.15) is 5.10 Å². The Hall–Kier alpha value is -3.13. The van der Waals surface area contributed by atoms with Crippen LogP contribution >= 0.6 is 11.6 Å². The van der Waals surface area contributed by atoms with Crippen LogP contribution in [-0.2, 0) is 4.79 Å². The first-order valence-corrected chi connectivity index (χ1v) is 7.83. The van der Waals surface area contributed by atoms with E-state index in [1.165, 1.54) is 19.2 Å². The lowest BCUT2D eigenvalue weighted by molar-refractivity contribution is -0.385. The molecule has 0 aliphatic heterocycles. The fourth-order valence-corrected chi connectivity index (χ4v) is 2.19. The molecule has 0 saturated carbocycles. The summed E-state index contributed by atoms with van der Waals surface area (Å²) in [6, 6.07) is 11.1. The summed E-state index contributed by atoms with van der Waals surface area (Å²) in [5.74, 6) is 0.122. The van der Waals surface area contributed by atoms with Crippen LogP contribution in [0, 0.1) is 10.1 Å². The molecule has 8 nitrogen and oxygen atoms in total. The number of hydrogen-bond acceptors (Lipinski definition) is 6. The van der Waals surface area contributed by atoms with Gasteiger partial charge in [0.2, 0.25) is 0 Å². The normalized spacial score (nSPS) is 11.0. The fraction of sp³-hybridized carbons (Fsp3) is 0.176. The van der Waals surface area contributed by atoms with Crippen molar-refractivity contribution in [2.24, 2.45) is 5.10 Å². The number of halogens is 1. The number of nitrogens with one attached hydrogen (secondary N) is 1. The van der Waals surface area contributed by atoms with Crippen molar-refractivity contribution in [2.75, 3.05) is 13.7 Å². The van der Waals surface area contributed by atoms with Gasteiger partial charge in [0.05, 0.1) is 17.7 Å². The monoisotopic (exact) mass is 377 g/mol. The summed E-state index contributed by atoms with van der Waals surface area (Å²) in [6.45, 7) is 1.36. The first kappa shape index (κ1) is 19.2. The van der Waals surface area contributed by atoms with Gasteiger partial charge in [0.25, 0.3) is 5.91 Å². The molecule has 136 valence electrons. The zero-order chi connectivity index (χ0) is 19.1. The molecular weight excluding hydrogens is 362 g/mol. The number of carbonyl (C=O) groups is 1. The number of benzene rings is 2. The van der Waals surface area contributed by atoms with Gasteiger partial charge in [0.1, 0.15) is 5.75 Å². The summed E-state index contributed by atoms with van der Waals surface area (Å²) in [6.07, 6.45) is 0. The quantitative estimate of drug-likeness (QED) is 0.453. The van der Waals surface area contributed by atoms with E-state index in [1.54, 1.807) is 37.3 Å². The number of amides is 1. The molecule has 9 heteroatoms. The summed E-state index contributed by atoms with van der Waals surface area (Å²) in [4.78, 5) is 22.3. The molecule has 2 rings (SSSR count). The Bertz CT molecular complexity index is 854. The van der Waals surface area contributed by atoms with E-state index in [2.05, 4.69) is 10.5 Å². The number of hydrogen-bond donors (Lipinski definition) is 1. The Kier molecular flexibility index (Phi) is 6.51. The molecule has 0 aromatic heterocycles. The van der Waals surface area contributed by atoms with Crippen molar-refractivity contribution in [1.82, 2.24) is 5.43 Å². The minimum atomic E-state index is -0.549. The number of nitro benzene ring substituents is 1. The van der Waals surface area contributed by atoms with Crippen LogP contribution in [0.4, 0.5) is 5.69 Å². The number of nitrogens with zero attached hydrogens (tertiary/aromatic N) is 2. The molecule has 0 bridgehead atoms. The van der Waals surface area contributed by atoms with Crippen LogP contribution in [0.2, 0.25) is 5.02 Å². The van der Waals surface area contributed by atoms with Crippen LogP contribution in [0.1, 0.15) is 12.5 Å².